The molecule has 2 aromatic rings. The number of carbonyl (C=O) groups excluding carboxylic acids is 1. The lowest BCUT2D eigenvalue weighted by Gasteiger charge is -2.23. The number of rotatable bonds is 5. The number of nitrogens with zero attached hydrogens (tertiary/aromatic N) is 2. The third kappa shape index (κ3) is 3.83. The SMILES string of the molecule is O=C(c1ccc(N2CCCS2(=O)=O)cc1)N(Cc1cccc(F)c1)C1CC1. The first kappa shape index (κ1) is 18.0. The van der Waals surface area contributed by atoms with Crippen molar-refractivity contribution in [2.24, 2.45) is 0 Å². The van der Waals surface area contributed by atoms with E-state index in [4.69, 9.17) is 0 Å². The molecule has 0 unspecified atom stereocenters. The predicted octanol–water partition coefficient (Wildman–Crippen LogP) is 3.17. The highest BCUT2D eigenvalue weighted by Gasteiger charge is 2.33. The van der Waals surface area contributed by atoms with Gasteiger partial charge in [0.1, 0.15) is 5.82 Å². The average molecular weight is 388 g/mol. The molecular weight excluding hydrogens is 367 g/mol. The van der Waals surface area contributed by atoms with E-state index in [-0.39, 0.29) is 23.5 Å². The zero-order valence-electron chi connectivity index (χ0n) is 14.8. The van der Waals surface area contributed by atoms with E-state index in [1.54, 1.807) is 35.2 Å². The molecule has 1 amide bonds. The standard InChI is InChI=1S/C20H21FN2O3S/c21-17-4-1-3-15(13-17)14-22(18-9-10-18)20(24)16-5-7-19(8-6-16)23-11-2-12-27(23,25)26/h1,3-8,13,18H,2,9-12,14H2. The van der Waals surface area contributed by atoms with Gasteiger partial charge in [0.25, 0.3) is 5.91 Å². The second-order valence-corrected chi connectivity index (χ2v) is 9.10. The molecule has 2 aliphatic rings. The Morgan fingerprint density at radius 3 is 2.48 bits per heavy atom. The van der Waals surface area contributed by atoms with Crippen LogP contribution in [0, 0.1) is 5.82 Å². The molecule has 4 rings (SSSR count). The quantitative estimate of drug-likeness (QED) is 0.791. The van der Waals surface area contributed by atoms with Crippen molar-refractivity contribution in [1.29, 1.82) is 0 Å². The van der Waals surface area contributed by atoms with Crippen molar-refractivity contribution in [3.8, 4) is 0 Å². The average Bonchev–Trinajstić information content (AvgIpc) is 3.42. The molecule has 0 spiro atoms. The lowest BCUT2D eigenvalue weighted by atomic mass is 10.1. The molecule has 27 heavy (non-hydrogen) atoms. The second-order valence-electron chi connectivity index (χ2n) is 7.08. The third-order valence-electron chi connectivity index (χ3n) is 4.99. The van der Waals surface area contributed by atoms with Gasteiger partial charge in [0, 0.05) is 24.7 Å². The highest BCUT2D eigenvalue weighted by atomic mass is 32.2. The van der Waals surface area contributed by atoms with E-state index < -0.39 is 10.0 Å². The zero-order valence-corrected chi connectivity index (χ0v) is 15.7. The third-order valence-corrected chi connectivity index (χ3v) is 6.86. The van der Waals surface area contributed by atoms with Crippen LogP contribution in [0.2, 0.25) is 0 Å². The van der Waals surface area contributed by atoms with Crippen LogP contribution >= 0.6 is 0 Å². The van der Waals surface area contributed by atoms with Gasteiger partial charge < -0.3 is 4.90 Å². The predicted molar refractivity (Wildman–Crippen MR) is 101 cm³/mol. The molecule has 5 nitrogen and oxygen atoms in total. The van der Waals surface area contributed by atoms with Crippen LogP contribution in [0.3, 0.4) is 0 Å². The Morgan fingerprint density at radius 1 is 1.15 bits per heavy atom. The Hall–Kier alpha value is -2.41. The first-order valence-corrected chi connectivity index (χ1v) is 10.7. The van der Waals surface area contributed by atoms with Gasteiger partial charge in [-0.2, -0.15) is 0 Å². The number of benzene rings is 2. The van der Waals surface area contributed by atoms with Crippen LogP contribution in [0.15, 0.2) is 48.5 Å². The number of hydrogen-bond donors (Lipinski definition) is 0. The van der Waals surface area contributed by atoms with Gasteiger partial charge in [-0.1, -0.05) is 12.1 Å². The summed E-state index contributed by atoms with van der Waals surface area (Å²) in [5.41, 5.74) is 1.86. The van der Waals surface area contributed by atoms with Crippen LogP contribution in [0.4, 0.5) is 10.1 Å². The largest absolute Gasteiger partial charge is 0.331 e. The van der Waals surface area contributed by atoms with Crippen molar-refractivity contribution in [2.45, 2.75) is 31.8 Å². The summed E-state index contributed by atoms with van der Waals surface area (Å²) in [5, 5.41) is 0. The van der Waals surface area contributed by atoms with E-state index in [0.717, 1.165) is 18.4 Å². The number of halogens is 1. The van der Waals surface area contributed by atoms with Gasteiger partial charge >= 0.3 is 0 Å². The topological polar surface area (TPSA) is 57.7 Å². The fourth-order valence-corrected chi connectivity index (χ4v) is 5.02. The molecule has 1 aliphatic carbocycles. The van der Waals surface area contributed by atoms with Crippen molar-refractivity contribution >= 4 is 21.6 Å². The van der Waals surface area contributed by atoms with Crippen LogP contribution in [0.25, 0.3) is 0 Å². The lowest BCUT2D eigenvalue weighted by Crippen LogP contribution is -2.32. The van der Waals surface area contributed by atoms with Crippen molar-refractivity contribution in [2.75, 3.05) is 16.6 Å². The molecule has 142 valence electrons. The first-order chi connectivity index (χ1) is 12.9. The highest BCUT2D eigenvalue weighted by molar-refractivity contribution is 7.93. The highest BCUT2D eigenvalue weighted by Crippen LogP contribution is 2.31. The lowest BCUT2D eigenvalue weighted by molar-refractivity contribution is 0.0729. The minimum absolute atomic E-state index is 0.113. The van der Waals surface area contributed by atoms with E-state index in [0.29, 0.717) is 30.8 Å². The van der Waals surface area contributed by atoms with Crippen LogP contribution in [-0.2, 0) is 16.6 Å². The number of anilines is 1. The summed E-state index contributed by atoms with van der Waals surface area (Å²) in [6, 6.07) is 13.2. The van der Waals surface area contributed by atoms with Crippen LogP contribution in [0.1, 0.15) is 35.2 Å². The van der Waals surface area contributed by atoms with Crippen LogP contribution in [0.5, 0.6) is 0 Å². The van der Waals surface area contributed by atoms with Crippen LogP contribution in [-0.4, -0.2) is 37.6 Å². The fraction of sp³-hybridized carbons (Fsp3) is 0.350. The fourth-order valence-electron chi connectivity index (χ4n) is 3.45. The number of hydrogen-bond acceptors (Lipinski definition) is 3. The summed E-state index contributed by atoms with van der Waals surface area (Å²) >= 11 is 0. The van der Waals surface area contributed by atoms with Crippen molar-refractivity contribution in [3.05, 3.63) is 65.5 Å². The normalized spacial score (nSPS) is 18.5. The second kappa shape index (κ2) is 6.96. The summed E-state index contributed by atoms with van der Waals surface area (Å²) in [5.74, 6) is -0.263. The van der Waals surface area contributed by atoms with Crippen molar-refractivity contribution in [3.63, 3.8) is 0 Å². The van der Waals surface area contributed by atoms with Gasteiger partial charge in [-0.25, -0.2) is 12.8 Å². The first-order valence-electron chi connectivity index (χ1n) is 9.10. The van der Waals surface area contributed by atoms with E-state index in [1.165, 1.54) is 16.4 Å². The molecule has 1 aliphatic heterocycles. The Balaban J connectivity index is 1.53. The molecule has 0 bridgehead atoms. The van der Waals surface area contributed by atoms with Gasteiger partial charge in [-0.15, -0.1) is 0 Å². The molecule has 7 heteroatoms. The van der Waals surface area contributed by atoms with Gasteiger partial charge in [-0.05, 0) is 61.2 Å². The van der Waals surface area contributed by atoms with E-state index >= 15 is 0 Å². The monoisotopic (exact) mass is 388 g/mol. The molecule has 1 saturated carbocycles. The zero-order chi connectivity index (χ0) is 19.0. The summed E-state index contributed by atoms with van der Waals surface area (Å²) in [6.07, 6.45) is 2.52. The maximum absolute atomic E-state index is 13.5. The van der Waals surface area contributed by atoms with Gasteiger partial charge in [0.15, 0.2) is 0 Å². The van der Waals surface area contributed by atoms with Gasteiger partial charge in [0.05, 0.1) is 11.4 Å². The number of amides is 1. The summed E-state index contributed by atoms with van der Waals surface area (Å²) in [7, 11) is -3.24. The molecule has 1 heterocycles. The van der Waals surface area contributed by atoms with E-state index in [2.05, 4.69) is 0 Å². The van der Waals surface area contributed by atoms with Gasteiger partial charge in [0.2, 0.25) is 10.0 Å². The Kier molecular flexibility index (Phi) is 4.63. The van der Waals surface area contributed by atoms with E-state index in [1.807, 2.05) is 6.07 Å². The molecular formula is C20H21FN2O3S. The minimum atomic E-state index is -3.24. The Labute approximate surface area is 158 Å². The van der Waals surface area contributed by atoms with E-state index in [9.17, 15) is 17.6 Å². The molecule has 0 aromatic heterocycles. The maximum atomic E-state index is 13.5. The van der Waals surface area contributed by atoms with Crippen molar-refractivity contribution < 1.29 is 17.6 Å². The van der Waals surface area contributed by atoms with Crippen LogP contribution < -0.4 is 4.31 Å². The molecule has 0 atom stereocenters. The Bertz CT molecular complexity index is 955. The smallest absolute Gasteiger partial charge is 0.254 e. The molecule has 1 saturated heterocycles. The molecule has 2 fully saturated rings. The molecule has 2 aromatic carbocycles. The summed E-state index contributed by atoms with van der Waals surface area (Å²) < 4.78 is 38.9. The summed E-state index contributed by atoms with van der Waals surface area (Å²) in [6.45, 7) is 0.840. The maximum Gasteiger partial charge on any atom is 0.254 e. The molecule has 0 N–H and O–H groups in total. The summed E-state index contributed by atoms with van der Waals surface area (Å²) in [4.78, 5) is 14.8. The Morgan fingerprint density at radius 2 is 1.89 bits per heavy atom. The molecule has 0 radical (unpaired) electrons. The van der Waals surface area contributed by atoms with Crippen molar-refractivity contribution in [1.82, 2.24) is 4.90 Å². The number of sulfonamides is 1. The number of carbonyl (C=O) groups is 1. The minimum Gasteiger partial charge on any atom is -0.331 e. The van der Waals surface area contributed by atoms with Gasteiger partial charge in [-0.3, -0.25) is 9.10 Å².